The van der Waals surface area contributed by atoms with Gasteiger partial charge in [-0.3, -0.25) is 9.71 Å². The van der Waals surface area contributed by atoms with Crippen LogP contribution in [-0.2, 0) is 16.6 Å². The Kier molecular flexibility index (Phi) is 6.55. The Bertz CT molecular complexity index is 1140. The summed E-state index contributed by atoms with van der Waals surface area (Å²) >= 11 is 0. The molecule has 8 nitrogen and oxygen atoms in total. The topological polar surface area (TPSA) is 103 Å². The summed E-state index contributed by atoms with van der Waals surface area (Å²) in [7, 11) is -3.74. The number of rotatable bonds is 7. The van der Waals surface area contributed by atoms with Crippen molar-refractivity contribution in [3.63, 3.8) is 0 Å². The van der Waals surface area contributed by atoms with Crippen molar-refractivity contribution in [2.24, 2.45) is 0 Å². The number of nitrogens with one attached hydrogen (secondary N) is 3. The van der Waals surface area contributed by atoms with E-state index in [1.165, 1.54) is 25.0 Å². The maximum absolute atomic E-state index is 12.7. The van der Waals surface area contributed by atoms with Crippen LogP contribution in [0.25, 0.3) is 0 Å². The highest BCUT2D eigenvalue weighted by Gasteiger charge is 2.16. The molecule has 1 aliphatic rings. The molecular weight excluding hydrogens is 426 g/mol. The Labute approximate surface area is 187 Å². The third-order valence-corrected chi connectivity index (χ3v) is 6.59. The van der Waals surface area contributed by atoms with Crippen LogP contribution in [0.2, 0.25) is 0 Å². The van der Waals surface area contributed by atoms with Gasteiger partial charge in [-0.05, 0) is 73.0 Å². The zero-order valence-corrected chi connectivity index (χ0v) is 18.3. The number of carbonyl (C=O) groups is 1. The van der Waals surface area contributed by atoms with Crippen molar-refractivity contribution in [3.8, 4) is 0 Å². The number of amides is 2. The summed E-state index contributed by atoms with van der Waals surface area (Å²) in [6, 6.07) is 16.7. The molecule has 0 bridgehead atoms. The van der Waals surface area contributed by atoms with Crippen molar-refractivity contribution in [2.75, 3.05) is 28.0 Å². The standard InChI is InChI=1S/C23H25N5O3S/c29-23(25-17-18-4-3-13-24-16-18)26-19-7-11-22(12-8-19)32(30,31)27-20-5-9-21(10-6-20)28-14-1-2-15-28/h3-13,16,27H,1-2,14-15,17H2,(H2,25,26,29). The Balaban J connectivity index is 1.33. The van der Waals surface area contributed by atoms with E-state index < -0.39 is 10.0 Å². The third-order valence-electron chi connectivity index (χ3n) is 5.19. The first-order valence-corrected chi connectivity index (χ1v) is 11.9. The van der Waals surface area contributed by atoms with Crippen LogP contribution in [0.4, 0.5) is 21.9 Å². The SMILES string of the molecule is O=C(NCc1cccnc1)Nc1ccc(S(=O)(=O)Nc2ccc(N3CCCC3)cc2)cc1. The summed E-state index contributed by atoms with van der Waals surface area (Å²) in [5.41, 5.74) is 2.97. The summed E-state index contributed by atoms with van der Waals surface area (Å²) in [6.07, 6.45) is 5.71. The molecule has 0 unspecified atom stereocenters. The minimum Gasteiger partial charge on any atom is -0.372 e. The summed E-state index contributed by atoms with van der Waals surface area (Å²) in [5.74, 6) is 0. The quantitative estimate of drug-likeness (QED) is 0.507. The Morgan fingerprint density at radius 1 is 0.938 bits per heavy atom. The van der Waals surface area contributed by atoms with Gasteiger partial charge in [0.1, 0.15) is 0 Å². The van der Waals surface area contributed by atoms with Gasteiger partial charge >= 0.3 is 6.03 Å². The molecule has 3 aromatic rings. The van der Waals surface area contributed by atoms with Crippen LogP contribution in [0.15, 0.2) is 78.0 Å². The average Bonchev–Trinajstić information content (AvgIpc) is 3.34. The Morgan fingerprint density at radius 3 is 2.28 bits per heavy atom. The Morgan fingerprint density at radius 2 is 1.62 bits per heavy atom. The van der Waals surface area contributed by atoms with Gasteiger partial charge in [0.2, 0.25) is 0 Å². The number of anilines is 3. The first kappa shape index (κ1) is 21.6. The van der Waals surface area contributed by atoms with Crippen LogP contribution in [0.3, 0.4) is 0 Å². The molecule has 2 amide bonds. The molecule has 1 saturated heterocycles. The second kappa shape index (κ2) is 9.69. The number of benzene rings is 2. The van der Waals surface area contributed by atoms with Gasteiger partial charge in [0.15, 0.2) is 0 Å². The van der Waals surface area contributed by atoms with Crippen molar-refractivity contribution < 1.29 is 13.2 Å². The van der Waals surface area contributed by atoms with E-state index in [0.717, 1.165) is 24.3 Å². The van der Waals surface area contributed by atoms with Gasteiger partial charge in [-0.1, -0.05) is 6.07 Å². The average molecular weight is 452 g/mol. The molecule has 4 rings (SSSR count). The van der Waals surface area contributed by atoms with Crippen LogP contribution in [0.5, 0.6) is 0 Å². The number of urea groups is 1. The van der Waals surface area contributed by atoms with Crippen LogP contribution in [-0.4, -0.2) is 32.5 Å². The van der Waals surface area contributed by atoms with E-state index in [0.29, 0.717) is 17.9 Å². The molecule has 1 aromatic heterocycles. The number of aromatic nitrogens is 1. The maximum atomic E-state index is 12.7. The highest BCUT2D eigenvalue weighted by molar-refractivity contribution is 7.92. The minimum atomic E-state index is -3.74. The van der Waals surface area contributed by atoms with Crippen LogP contribution >= 0.6 is 0 Å². The van der Waals surface area contributed by atoms with E-state index in [9.17, 15) is 13.2 Å². The first-order chi connectivity index (χ1) is 15.5. The molecule has 32 heavy (non-hydrogen) atoms. The zero-order valence-electron chi connectivity index (χ0n) is 17.5. The van der Waals surface area contributed by atoms with Crippen LogP contribution in [0.1, 0.15) is 18.4 Å². The number of pyridine rings is 1. The van der Waals surface area contributed by atoms with Crippen molar-refractivity contribution in [3.05, 3.63) is 78.6 Å². The van der Waals surface area contributed by atoms with E-state index in [2.05, 4.69) is 25.2 Å². The summed E-state index contributed by atoms with van der Waals surface area (Å²) in [4.78, 5) is 18.5. The maximum Gasteiger partial charge on any atom is 0.319 e. The van der Waals surface area contributed by atoms with Gasteiger partial charge in [-0.15, -0.1) is 0 Å². The molecule has 0 spiro atoms. The van der Waals surface area contributed by atoms with E-state index in [4.69, 9.17) is 0 Å². The molecule has 0 aliphatic carbocycles. The van der Waals surface area contributed by atoms with Gasteiger partial charge in [-0.25, -0.2) is 13.2 Å². The molecule has 2 aromatic carbocycles. The van der Waals surface area contributed by atoms with Crippen molar-refractivity contribution in [2.45, 2.75) is 24.3 Å². The normalized spacial score (nSPS) is 13.6. The van der Waals surface area contributed by atoms with E-state index in [1.54, 1.807) is 42.7 Å². The lowest BCUT2D eigenvalue weighted by Crippen LogP contribution is -2.28. The highest BCUT2D eigenvalue weighted by atomic mass is 32.2. The van der Waals surface area contributed by atoms with Gasteiger partial charge < -0.3 is 15.5 Å². The first-order valence-electron chi connectivity index (χ1n) is 10.4. The molecule has 0 radical (unpaired) electrons. The fourth-order valence-electron chi connectivity index (χ4n) is 3.51. The molecule has 0 atom stereocenters. The fourth-order valence-corrected chi connectivity index (χ4v) is 4.57. The lowest BCUT2D eigenvalue weighted by atomic mass is 10.2. The van der Waals surface area contributed by atoms with E-state index >= 15 is 0 Å². The summed E-state index contributed by atoms with van der Waals surface area (Å²) in [6.45, 7) is 2.41. The number of sulfonamides is 1. The third kappa shape index (κ3) is 5.55. The molecule has 2 heterocycles. The number of hydrogen-bond acceptors (Lipinski definition) is 5. The van der Waals surface area contributed by atoms with Gasteiger partial charge in [0, 0.05) is 49.1 Å². The smallest absolute Gasteiger partial charge is 0.319 e. The van der Waals surface area contributed by atoms with Gasteiger partial charge in [-0.2, -0.15) is 0 Å². The lowest BCUT2D eigenvalue weighted by molar-refractivity contribution is 0.251. The van der Waals surface area contributed by atoms with Gasteiger partial charge in [0.05, 0.1) is 4.90 Å². The lowest BCUT2D eigenvalue weighted by Gasteiger charge is -2.18. The molecular formula is C23H25N5O3S. The van der Waals surface area contributed by atoms with E-state index in [1.807, 2.05) is 18.2 Å². The van der Waals surface area contributed by atoms with Gasteiger partial charge in [0.25, 0.3) is 10.0 Å². The predicted octanol–water partition coefficient (Wildman–Crippen LogP) is 3.80. The van der Waals surface area contributed by atoms with E-state index in [-0.39, 0.29) is 10.9 Å². The largest absolute Gasteiger partial charge is 0.372 e. The molecule has 1 aliphatic heterocycles. The van der Waals surface area contributed by atoms with Crippen molar-refractivity contribution in [1.82, 2.24) is 10.3 Å². The Hall–Kier alpha value is -3.59. The predicted molar refractivity (Wildman–Crippen MR) is 125 cm³/mol. The molecule has 166 valence electrons. The van der Waals surface area contributed by atoms with Crippen LogP contribution < -0.4 is 20.3 Å². The van der Waals surface area contributed by atoms with Crippen LogP contribution in [0, 0.1) is 0 Å². The second-order valence-corrected chi connectivity index (χ2v) is 9.22. The van der Waals surface area contributed by atoms with Crippen molar-refractivity contribution in [1.29, 1.82) is 0 Å². The van der Waals surface area contributed by atoms with Crippen molar-refractivity contribution >= 4 is 33.1 Å². The monoisotopic (exact) mass is 451 g/mol. The summed E-state index contributed by atoms with van der Waals surface area (Å²) in [5, 5.41) is 5.41. The second-order valence-electron chi connectivity index (χ2n) is 7.54. The molecule has 0 saturated carbocycles. The number of carbonyl (C=O) groups excluding carboxylic acids is 1. The number of nitrogens with zero attached hydrogens (tertiary/aromatic N) is 2. The summed E-state index contributed by atoms with van der Waals surface area (Å²) < 4.78 is 28.0. The molecule has 3 N–H and O–H groups in total. The molecule has 9 heteroatoms. The number of hydrogen-bond donors (Lipinski definition) is 3. The minimum absolute atomic E-state index is 0.113. The molecule has 1 fully saturated rings. The zero-order chi connectivity index (χ0) is 22.4. The highest BCUT2D eigenvalue weighted by Crippen LogP contribution is 2.24. The fraction of sp³-hybridized carbons (Fsp3) is 0.217.